The Hall–Kier alpha value is -3.28. The lowest BCUT2D eigenvalue weighted by Gasteiger charge is -2.09. The van der Waals surface area contributed by atoms with E-state index >= 15 is 0 Å². The van der Waals surface area contributed by atoms with E-state index < -0.39 is 5.97 Å². The number of rotatable bonds is 8. The highest BCUT2D eigenvalue weighted by molar-refractivity contribution is 5.98. The number of ether oxygens (including phenoxy) is 3. The summed E-state index contributed by atoms with van der Waals surface area (Å²) in [6.45, 7) is 2.22. The van der Waals surface area contributed by atoms with Gasteiger partial charge in [0.25, 0.3) is 0 Å². The molecule has 2 rings (SSSR count). The summed E-state index contributed by atoms with van der Waals surface area (Å²) in [6, 6.07) is 16.9. The summed E-state index contributed by atoms with van der Waals surface area (Å²) >= 11 is 0. The lowest BCUT2D eigenvalue weighted by Crippen LogP contribution is -2.11. The van der Waals surface area contributed by atoms with Crippen LogP contribution in [0.25, 0.3) is 0 Å². The molecule has 0 saturated carbocycles. The molecule has 136 valence electrons. The fourth-order valence-electron chi connectivity index (χ4n) is 2.06. The third-order valence-corrected chi connectivity index (χ3v) is 3.37. The molecular formula is C20H21NO5. The van der Waals surface area contributed by atoms with Crippen molar-refractivity contribution in [2.45, 2.75) is 13.5 Å². The Morgan fingerprint density at radius 3 is 2.54 bits per heavy atom. The second kappa shape index (κ2) is 9.88. The molecule has 0 heterocycles. The largest absolute Gasteiger partial charge is 0.500 e. The lowest BCUT2D eigenvalue weighted by atomic mass is 10.1. The first-order valence-electron chi connectivity index (χ1n) is 7.94. The molecule has 0 N–H and O–H groups in total. The van der Waals surface area contributed by atoms with Gasteiger partial charge in [0.15, 0.2) is 0 Å². The van der Waals surface area contributed by atoms with Crippen LogP contribution in [0.15, 0.2) is 71.8 Å². The molecule has 0 unspecified atom stereocenters. The Morgan fingerprint density at radius 2 is 1.85 bits per heavy atom. The number of benzene rings is 2. The number of carbonyl (C=O) groups excluding carboxylic acids is 1. The number of nitrogens with zero attached hydrogens (tertiary/aromatic N) is 1. The van der Waals surface area contributed by atoms with E-state index in [0.29, 0.717) is 18.1 Å². The van der Waals surface area contributed by atoms with Gasteiger partial charge in [-0.1, -0.05) is 47.6 Å². The number of oxime groups is 1. The van der Waals surface area contributed by atoms with Gasteiger partial charge in [-0.15, -0.1) is 0 Å². The van der Waals surface area contributed by atoms with Gasteiger partial charge in [0.05, 0.1) is 19.9 Å². The Labute approximate surface area is 152 Å². The van der Waals surface area contributed by atoms with Gasteiger partial charge in [0.1, 0.15) is 18.6 Å². The van der Waals surface area contributed by atoms with Crippen molar-refractivity contribution in [3.05, 3.63) is 77.7 Å². The zero-order valence-electron chi connectivity index (χ0n) is 15.0. The second-order valence-electron chi connectivity index (χ2n) is 5.28. The van der Waals surface area contributed by atoms with Gasteiger partial charge in [0.2, 0.25) is 5.76 Å². The third-order valence-electron chi connectivity index (χ3n) is 3.37. The highest BCUT2D eigenvalue weighted by Gasteiger charge is 2.13. The van der Waals surface area contributed by atoms with Gasteiger partial charge in [-0.05, 0) is 24.6 Å². The van der Waals surface area contributed by atoms with Crippen molar-refractivity contribution in [3.63, 3.8) is 0 Å². The molecule has 0 atom stereocenters. The highest BCUT2D eigenvalue weighted by Crippen LogP contribution is 2.18. The standard InChI is InChI=1S/C20H21NO5/c1-15(21-25-13-16-8-5-4-6-9-16)17-10-7-11-18(12-17)26-19(14-23-2)20(22)24-3/h4-12,14H,13H2,1-3H3. The molecule has 26 heavy (non-hydrogen) atoms. The minimum absolute atomic E-state index is 0.0536. The molecule has 0 aliphatic carbocycles. The first-order valence-corrected chi connectivity index (χ1v) is 7.94. The number of hydrogen-bond acceptors (Lipinski definition) is 6. The average molecular weight is 355 g/mol. The normalized spacial score (nSPS) is 11.7. The first-order chi connectivity index (χ1) is 12.6. The molecule has 2 aromatic carbocycles. The topological polar surface area (TPSA) is 66.3 Å². The maximum absolute atomic E-state index is 11.7. The summed E-state index contributed by atoms with van der Waals surface area (Å²) in [7, 11) is 2.69. The van der Waals surface area contributed by atoms with E-state index in [1.165, 1.54) is 20.5 Å². The molecule has 0 aliphatic heterocycles. The Morgan fingerprint density at radius 1 is 1.08 bits per heavy atom. The van der Waals surface area contributed by atoms with Crippen molar-refractivity contribution in [1.82, 2.24) is 0 Å². The Bertz CT molecular complexity index is 784. The monoisotopic (exact) mass is 355 g/mol. The molecule has 0 spiro atoms. The van der Waals surface area contributed by atoms with Crippen LogP contribution < -0.4 is 4.74 Å². The molecule has 6 nitrogen and oxygen atoms in total. The predicted molar refractivity (Wildman–Crippen MR) is 97.6 cm³/mol. The molecule has 0 bridgehead atoms. The van der Waals surface area contributed by atoms with Crippen molar-refractivity contribution in [1.29, 1.82) is 0 Å². The zero-order valence-corrected chi connectivity index (χ0v) is 15.0. The van der Waals surface area contributed by atoms with Crippen molar-refractivity contribution < 1.29 is 23.8 Å². The zero-order chi connectivity index (χ0) is 18.8. The fourth-order valence-corrected chi connectivity index (χ4v) is 2.06. The van der Waals surface area contributed by atoms with Gasteiger partial charge < -0.3 is 19.0 Å². The van der Waals surface area contributed by atoms with Gasteiger partial charge in [-0.2, -0.15) is 0 Å². The van der Waals surface area contributed by atoms with Crippen molar-refractivity contribution in [3.8, 4) is 5.75 Å². The second-order valence-corrected chi connectivity index (χ2v) is 5.28. The van der Waals surface area contributed by atoms with Gasteiger partial charge in [0, 0.05) is 5.56 Å². The van der Waals surface area contributed by atoms with Crippen LogP contribution in [0.2, 0.25) is 0 Å². The van der Waals surface area contributed by atoms with Gasteiger partial charge >= 0.3 is 5.97 Å². The van der Waals surface area contributed by atoms with E-state index in [0.717, 1.165) is 11.1 Å². The molecule has 2 aromatic rings. The molecular weight excluding hydrogens is 334 g/mol. The van der Waals surface area contributed by atoms with E-state index in [1.807, 2.05) is 43.3 Å². The number of hydrogen-bond donors (Lipinski definition) is 0. The highest BCUT2D eigenvalue weighted by atomic mass is 16.6. The molecule has 0 saturated heterocycles. The number of methoxy groups -OCH3 is 2. The van der Waals surface area contributed by atoms with Crippen LogP contribution in [0, 0.1) is 0 Å². The predicted octanol–water partition coefficient (Wildman–Crippen LogP) is 3.67. The van der Waals surface area contributed by atoms with Crippen LogP contribution in [0.4, 0.5) is 0 Å². The van der Waals surface area contributed by atoms with Crippen molar-refractivity contribution in [2.75, 3.05) is 14.2 Å². The minimum Gasteiger partial charge on any atom is -0.500 e. The van der Waals surface area contributed by atoms with E-state index in [4.69, 9.17) is 14.3 Å². The molecule has 0 amide bonds. The molecule has 0 fully saturated rings. The van der Waals surface area contributed by atoms with Crippen LogP contribution >= 0.6 is 0 Å². The lowest BCUT2D eigenvalue weighted by molar-refractivity contribution is -0.138. The Kier molecular flexibility index (Phi) is 7.24. The van der Waals surface area contributed by atoms with E-state index in [-0.39, 0.29) is 5.76 Å². The molecule has 6 heteroatoms. The Balaban J connectivity index is 2.06. The summed E-state index contributed by atoms with van der Waals surface area (Å²) in [5, 5.41) is 4.13. The van der Waals surface area contributed by atoms with Gasteiger partial charge in [-0.25, -0.2) is 4.79 Å². The fraction of sp³-hybridized carbons (Fsp3) is 0.200. The van der Waals surface area contributed by atoms with Crippen LogP contribution in [-0.4, -0.2) is 25.9 Å². The summed E-state index contributed by atoms with van der Waals surface area (Å²) in [5.74, 6) is -0.232. The minimum atomic E-state index is -0.631. The quantitative estimate of drug-likeness (QED) is 0.238. The SMILES string of the molecule is COC=C(Oc1cccc(C(C)=NOCc2ccccc2)c1)C(=O)OC. The summed E-state index contributed by atoms with van der Waals surface area (Å²) in [4.78, 5) is 17.1. The van der Waals surface area contributed by atoms with Crippen LogP contribution in [0.3, 0.4) is 0 Å². The van der Waals surface area contributed by atoms with Crippen LogP contribution in [0.1, 0.15) is 18.1 Å². The maximum atomic E-state index is 11.7. The number of carbonyl (C=O) groups is 1. The summed E-state index contributed by atoms with van der Waals surface area (Å²) in [5.41, 5.74) is 2.52. The molecule has 0 aromatic heterocycles. The molecule has 0 radical (unpaired) electrons. The van der Waals surface area contributed by atoms with Crippen molar-refractivity contribution in [2.24, 2.45) is 5.16 Å². The van der Waals surface area contributed by atoms with Crippen LogP contribution in [0.5, 0.6) is 5.75 Å². The van der Waals surface area contributed by atoms with E-state index in [1.54, 1.807) is 18.2 Å². The van der Waals surface area contributed by atoms with Crippen LogP contribution in [-0.2, 0) is 25.7 Å². The smallest absolute Gasteiger partial charge is 0.377 e. The average Bonchev–Trinajstić information content (AvgIpc) is 2.68. The van der Waals surface area contributed by atoms with E-state index in [2.05, 4.69) is 9.89 Å². The first kappa shape index (κ1) is 19.1. The van der Waals surface area contributed by atoms with E-state index in [9.17, 15) is 4.79 Å². The summed E-state index contributed by atoms with van der Waals surface area (Å²) < 4.78 is 15.0. The van der Waals surface area contributed by atoms with Gasteiger partial charge in [-0.3, -0.25) is 0 Å². The molecule has 0 aliphatic rings. The summed E-state index contributed by atoms with van der Waals surface area (Å²) in [6.07, 6.45) is 1.18. The van der Waals surface area contributed by atoms with Crippen molar-refractivity contribution >= 4 is 11.7 Å². The third kappa shape index (κ3) is 5.66. The maximum Gasteiger partial charge on any atom is 0.377 e. The number of esters is 1.